The summed E-state index contributed by atoms with van der Waals surface area (Å²) >= 11 is 0. The summed E-state index contributed by atoms with van der Waals surface area (Å²) in [5.41, 5.74) is 7.41. The van der Waals surface area contributed by atoms with E-state index in [0.29, 0.717) is 17.3 Å². The highest BCUT2D eigenvalue weighted by molar-refractivity contribution is 7.84. The Hall–Kier alpha value is -1.76. The normalized spacial score (nSPS) is 14.2. The number of hydrogen-bond acceptors (Lipinski definition) is 5. The van der Waals surface area contributed by atoms with Gasteiger partial charge < -0.3 is 5.73 Å². The number of para-hydroxylation sites is 1. The van der Waals surface area contributed by atoms with Gasteiger partial charge in [0.15, 0.2) is 5.82 Å². The first-order valence-corrected chi connectivity index (χ1v) is 7.75. The summed E-state index contributed by atoms with van der Waals surface area (Å²) in [5, 5.41) is 11.8. The number of nitrogen functional groups attached to an aromatic ring is 1. The van der Waals surface area contributed by atoms with E-state index in [1.54, 1.807) is 10.9 Å². The molecule has 0 saturated heterocycles. The van der Waals surface area contributed by atoms with Crippen LogP contribution in [0.3, 0.4) is 0 Å². The Balaban J connectivity index is 2.27. The summed E-state index contributed by atoms with van der Waals surface area (Å²) in [5.74, 6) is 1.28. The summed E-state index contributed by atoms with van der Waals surface area (Å²) in [4.78, 5) is 0. The van der Waals surface area contributed by atoms with Crippen molar-refractivity contribution in [3.63, 3.8) is 0 Å². The van der Waals surface area contributed by atoms with Crippen LogP contribution in [0.25, 0.3) is 11.4 Å². The number of benzene rings is 1. The predicted molar refractivity (Wildman–Crippen MR) is 75.9 cm³/mol. The quantitative estimate of drug-likeness (QED) is 0.832. The van der Waals surface area contributed by atoms with Crippen molar-refractivity contribution in [1.29, 1.82) is 0 Å². The van der Waals surface area contributed by atoms with Crippen LogP contribution in [0.2, 0.25) is 0 Å². The van der Waals surface area contributed by atoms with Gasteiger partial charge in [-0.05, 0) is 35.9 Å². The van der Waals surface area contributed by atoms with E-state index in [1.165, 1.54) is 0 Å². The molecule has 2 atom stereocenters. The first-order valence-electron chi connectivity index (χ1n) is 6.02. The van der Waals surface area contributed by atoms with E-state index in [0.717, 1.165) is 12.0 Å². The molecule has 1 aromatic carbocycles. The summed E-state index contributed by atoms with van der Waals surface area (Å²) in [6.45, 7) is 2.01. The zero-order chi connectivity index (χ0) is 13.8. The van der Waals surface area contributed by atoms with Crippen LogP contribution < -0.4 is 5.73 Å². The van der Waals surface area contributed by atoms with Gasteiger partial charge in [-0.2, -0.15) is 0 Å². The minimum absolute atomic E-state index is 0.0773. The van der Waals surface area contributed by atoms with Crippen LogP contribution in [0.15, 0.2) is 24.3 Å². The van der Waals surface area contributed by atoms with Crippen LogP contribution in [-0.4, -0.2) is 36.4 Å². The molecule has 0 radical (unpaired) electrons. The highest BCUT2D eigenvalue weighted by Crippen LogP contribution is 2.25. The maximum Gasteiger partial charge on any atom is 0.184 e. The molecule has 0 amide bonds. The van der Waals surface area contributed by atoms with Gasteiger partial charge >= 0.3 is 0 Å². The summed E-state index contributed by atoms with van der Waals surface area (Å²) in [6, 6.07) is 7.56. The Morgan fingerprint density at radius 1 is 1.42 bits per heavy atom. The van der Waals surface area contributed by atoms with Crippen molar-refractivity contribution in [1.82, 2.24) is 20.2 Å². The lowest BCUT2D eigenvalue weighted by molar-refractivity contribution is 0.470. The fourth-order valence-electron chi connectivity index (χ4n) is 1.83. The third-order valence-electron chi connectivity index (χ3n) is 2.94. The first-order chi connectivity index (χ1) is 9.09. The number of nitrogens with zero attached hydrogens (tertiary/aromatic N) is 4. The zero-order valence-electron chi connectivity index (χ0n) is 11.0. The van der Waals surface area contributed by atoms with Gasteiger partial charge in [0, 0.05) is 34.1 Å². The maximum atomic E-state index is 11.2. The summed E-state index contributed by atoms with van der Waals surface area (Å²) in [6.07, 6.45) is 2.45. The van der Waals surface area contributed by atoms with Crippen LogP contribution in [0.5, 0.6) is 0 Å². The van der Waals surface area contributed by atoms with Crippen molar-refractivity contribution in [3.05, 3.63) is 24.3 Å². The zero-order valence-corrected chi connectivity index (χ0v) is 11.8. The van der Waals surface area contributed by atoms with Crippen LogP contribution >= 0.6 is 0 Å². The molecular formula is C12H17N5OS. The van der Waals surface area contributed by atoms with Gasteiger partial charge in [0.2, 0.25) is 0 Å². The second-order valence-corrected chi connectivity index (χ2v) is 6.00. The molecule has 0 spiro atoms. The lowest BCUT2D eigenvalue weighted by atomic mass is 10.1. The maximum absolute atomic E-state index is 11.2. The van der Waals surface area contributed by atoms with E-state index >= 15 is 0 Å². The fraction of sp³-hybridized carbons (Fsp3) is 0.417. The molecular weight excluding hydrogens is 262 g/mol. The van der Waals surface area contributed by atoms with E-state index in [2.05, 4.69) is 15.5 Å². The van der Waals surface area contributed by atoms with E-state index in [1.807, 2.05) is 31.2 Å². The van der Waals surface area contributed by atoms with Gasteiger partial charge in [0.05, 0.1) is 6.04 Å². The second kappa shape index (κ2) is 5.92. The smallest absolute Gasteiger partial charge is 0.184 e. The Labute approximate surface area is 114 Å². The Bertz CT molecular complexity index is 583. The average Bonchev–Trinajstić information content (AvgIpc) is 2.85. The Morgan fingerprint density at radius 2 is 2.16 bits per heavy atom. The van der Waals surface area contributed by atoms with Crippen molar-refractivity contribution in [3.8, 4) is 11.4 Å². The second-order valence-electron chi connectivity index (χ2n) is 4.45. The molecule has 2 rings (SSSR count). The molecule has 6 nitrogen and oxygen atoms in total. The SMILES string of the molecule is CC(CCS(C)=O)n1nnnc1-c1ccccc1N. The fourth-order valence-corrected chi connectivity index (χ4v) is 2.50. The van der Waals surface area contributed by atoms with Crippen molar-refractivity contribution < 1.29 is 4.21 Å². The molecule has 1 aromatic heterocycles. The molecule has 0 aliphatic heterocycles. The minimum Gasteiger partial charge on any atom is -0.398 e. The highest BCUT2D eigenvalue weighted by Gasteiger charge is 2.16. The lowest BCUT2D eigenvalue weighted by Gasteiger charge is -2.13. The molecule has 2 aromatic rings. The summed E-state index contributed by atoms with van der Waals surface area (Å²) in [7, 11) is -0.810. The van der Waals surface area contributed by atoms with E-state index < -0.39 is 10.8 Å². The molecule has 102 valence electrons. The third kappa shape index (κ3) is 3.17. The minimum atomic E-state index is -0.810. The molecule has 0 bridgehead atoms. The van der Waals surface area contributed by atoms with Gasteiger partial charge in [-0.15, -0.1) is 5.10 Å². The van der Waals surface area contributed by atoms with Crippen molar-refractivity contribution in [2.24, 2.45) is 0 Å². The average molecular weight is 279 g/mol. The van der Waals surface area contributed by atoms with Crippen LogP contribution in [0, 0.1) is 0 Å². The number of nitrogens with two attached hydrogens (primary N) is 1. The number of rotatable bonds is 5. The molecule has 2 unspecified atom stereocenters. The summed E-state index contributed by atoms with van der Waals surface area (Å²) < 4.78 is 12.9. The Morgan fingerprint density at radius 3 is 2.84 bits per heavy atom. The van der Waals surface area contributed by atoms with Crippen molar-refractivity contribution in [2.45, 2.75) is 19.4 Å². The number of aromatic nitrogens is 4. The van der Waals surface area contributed by atoms with Crippen LogP contribution in [-0.2, 0) is 10.8 Å². The molecule has 19 heavy (non-hydrogen) atoms. The van der Waals surface area contributed by atoms with Crippen molar-refractivity contribution >= 4 is 16.5 Å². The van der Waals surface area contributed by atoms with Crippen LogP contribution in [0.4, 0.5) is 5.69 Å². The molecule has 0 aliphatic rings. The molecule has 1 heterocycles. The third-order valence-corrected chi connectivity index (χ3v) is 3.75. The van der Waals surface area contributed by atoms with Gasteiger partial charge in [-0.25, -0.2) is 4.68 Å². The van der Waals surface area contributed by atoms with Gasteiger partial charge in [0.25, 0.3) is 0 Å². The van der Waals surface area contributed by atoms with Gasteiger partial charge in [-0.1, -0.05) is 12.1 Å². The number of anilines is 1. The molecule has 0 aliphatic carbocycles. The standard InChI is InChI=1S/C12H17N5OS/c1-9(7-8-19(2)18)17-12(14-15-16-17)10-5-3-4-6-11(10)13/h3-6,9H,7-8,13H2,1-2H3. The van der Waals surface area contributed by atoms with E-state index in [-0.39, 0.29) is 6.04 Å². The van der Waals surface area contributed by atoms with Gasteiger partial charge in [0.1, 0.15) is 0 Å². The Kier molecular flexibility index (Phi) is 4.26. The number of tetrazole rings is 1. The largest absolute Gasteiger partial charge is 0.398 e. The first kappa shape index (κ1) is 13.7. The van der Waals surface area contributed by atoms with Gasteiger partial charge in [-0.3, -0.25) is 4.21 Å². The van der Waals surface area contributed by atoms with E-state index in [4.69, 9.17) is 5.73 Å². The van der Waals surface area contributed by atoms with Crippen LogP contribution in [0.1, 0.15) is 19.4 Å². The van der Waals surface area contributed by atoms with E-state index in [9.17, 15) is 4.21 Å². The molecule has 0 fully saturated rings. The molecule has 7 heteroatoms. The molecule has 0 saturated carbocycles. The number of hydrogen-bond donors (Lipinski definition) is 1. The molecule has 2 N–H and O–H groups in total. The highest BCUT2D eigenvalue weighted by atomic mass is 32.2. The lowest BCUT2D eigenvalue weighted by Crippen LogP contribution is -2.12. The topological polar surface area (TPSA) is 86.7 Å². The van der Waals surface area contributed by atoms with Crippen molar-refractivity contribution in [2.75, 3.05) is 17.7 Å². The predicted octanol–water partition coefficient (Wildman–Crippen LogP) is 1.25. The monoisotopic (exact) mass is 279 g/mol.